The Bertz CT molecular complexity index is 930. The molecule has 1 aromatic carbocycles. The van der Waals surface area contributed by atoms with Crippen LogP contribution in [0.25, 0.3) is 0 Å². The number of rotatable bonds is 5. The van der Waals surface area contributed by atoms with E-state index in [1.807, 2.05) is 31.2 Å². The maximum atomic E-state index is 12.5. The molecule has 0 bridgehead atoms. The quantitative estimate of drug-likeness (QED) is 0.744. The van der Waals surface area contributed by atoms with Crippen LogP contribution < -0.4 is 10.3 Å². The van der Waals surface area contributed by atoms with E-state index in [0.29, 0.717) is 50.6 Å². The van der Waals surface area contributed by atoms with E-state index in [4.69, 9.17) is 14.2 Å². The Balaban J connectivity index is 1.40. The third kappa shape index (κ3) is 5.00. The van der Waals surface area contributed by atoms with Crippen LogP contribution in [-0.2, 0) is 16.0 Å². The smallest absolute Gasteiger partial charge is 0.257 e. The second-order valence-corrected chi connectivity index (χ2v) is 7.19. The molecule has 28 heavy (non-hydrogen) atoms. The van der Waals surface area contributed by atoms with Crippen LogP contribution in [0.1, 0.15) is 29.8 Å². The number of benzene rings is 1. The van der Waals surface area contributed by atoms with Gasteiger partial charge in [0.05, 0.1) is 32.4 Å². The van der Waals surface area contributed by atoms with Crippen LogP contribution in [0.5, 0.6) is 5.88 Å². The summed E-state index contributed by atoms with van der Waals surface area (Å²) in [6.07, 6.45) is 2.32. The predicted molar refractivity (Wildman–Crippen MR) is 104 cm³/mol. The second-order valence-electron chi connectivity index (χ2n) is 7.19. The van der Waals surface area contributed by atoms with Crippen molar-refractivity contribution >= 4 is 0 Å². The van der Waals surface area contributed by atoms with Gasteiger partial charge in [-0.3, -0.25) is 9.36 Å². The molecule has 1 atom stereocenters. The summed E-state index contributed by atoms with van der Waals surface area (Å²) in [6, 6.07) is 9.44. The summed E-state index contributed by atoms with van der Waals surface area (Å²) in [7, 11) is 0. The molecular formula is C22H24N2O4. The van der Waals surface area contributed by atoms with Gasteiger partial charge in [0.25, 0.3) is 5.56 Å². The van der Waals surface area contributed by atoms with Gasteiger partial charge in [-0.1, -0.05) is 24.0 Å². The van der Waals surface area contributed by atoms with E-state index in [0.717, 1.165) is 11.1 Å². The first-order valence-electron chi connectivity index (χ1n) is 9.68. The lowest BCUT2D eigenvalue weighted by atomic mass is 10.1. The van der Waals surface area contributed by atoms with E-state index < -0.39 is 0 Å². The first-order chi connectivity index (χ1) is 13.7. The van der Waals surface area contributed by atoms with Crippen LogP contribution >= 0.6 is 0 Å². The standard InChI is InChI=1S/C22H24N2O4/c1-16-23-21(28-15-20-14-26-10-11-27-20)12-22(25)24(16)13-19-8-6-18(7-9-19)5-4-17-2-3-17/h6-9,12,17,20H,2-3,10-11,13-15H2,1H3/t20-/m1/s1. The molecule has 2 fully saturated rings. The van der Waals surface area contributed by atoms with Crippen LogP contribution in [0.4, 0.5) is 0 Å². The van der Waals surface area contributed by atoms with Gasteiger partial charge in [-0.25, -0.2) is 4.98 Å². The van der Waals surface area contributed by atoms with Gasteiger partial charge in [-0.05, 0) is 37.5 Å². The minimum atomic E-state index is -0.138. The number of hydrogen-bond donors (Lipinski definition) is 0. The van der Waals surface area contributed by atoms with Gasteiger partial charge in [0.2, 0.25) is 5.88 Å². The van der Waals surface area contributed by atoms with E-state index >= 15 is 0 Å². The molecule has 6 nitrogen and oxygen atoms in total. The van der Waals surface area contributed by atoms with Crippen molar-refractivity contribution in [3.63, 3.8) is 0 Å². The maximum Gasteiger partial charge on any atom is 0.257 e. The summed E-state index contributed by atoms with van der Waals surface area (Å²) >= 11 is 0. The summed E-state index contributed by atoms with van der Waals surface area (Å²) in [4.78, 5) is 16.9. The molecule has 0 radical (unpaired) electrons. The van der Waals surface area contributed by atoms with E-state index in [9.17, 15) is 4.79 Å². The minimum Gasteiger partial charge on any atom is -0.475 e. The first-order valence-corrected chi connectivity index (χ1v) is 9.68. The molecule has 1 saturated heterocycles. The van der Waals surface area contributed by atoms with Gasteiger partial charge in [-0.15, -0.1) is 0 Å². The van der Waals surface area contributed by atoms with E-state index in [1.54, 1.807) is 4.57 Å². The molecule has 0 N–H and O–H groups in total. The van der Waals surface area contributed by atoms with Gasteiger partial charge in [0.15, 0.2) is 0 Å². The highest BCUT2D eigenvalue weighted by molar-refractivity contribution is 5.37. The molecule has 1 saturated carbocycles. The Morgan fingerprint density at radius 3 is 2.75 bits per heavy atom. The molecule has 1 aliphatic heterocycles. The van der Waals surface area contributed by atoms with Crippen LogP contribution in [0.3, 0.4) is 0 Å². The first kappa shape index (κ1) is 18.7. The van der Waals surface area contributed by atoms with Crippen molar-refractivity contribution in [3.8, 4) is 17.7 Å². The Morgan fingerprint density at radius 1 is 1.25 bits per heavy atom. The van der Waals surface area contributed by atoms with Gasteiger partial charge in [0.1, 0.15) is 18.5 Å². The Kier molecular flexibility index (Phi) is 5.75. The Morgan fingerprint density at radius 2 is 2.07 bits per heavy atom. The largest absolute Gasteiger partial charge is 0.475 e. The molecule has 1 aromatic heterocycles. The molecule has 146 valence electrons. The van der Waals surface area contributed by atoms with Gasteiger partial charge >= 0.3 is 0 Å². The van der Waals surface area contributed by atoms with Crippen LogP contribution in [0, 0.1) is 24.7 Å². The summed E-state index contributed by atoms with van der Waals surface area (Å²) in [5.41, 5.74) is 1.90. The number of aryl methyl sites for hydroxylation is 1. The fraction of sp³-hybridized carbons (Fsp3) is 0.455. The van der Waals surface area contributed by atoms with Crippen molar-refractivity contribution in [2.75, 3.05) is 26.4 Å². The van der Waals surface area contributed by atoms with E-state index in [1.165, 1.54) is 18.9 Å². The topological polar surface area (TPSA) is 62.6 Å². The average Bonchev–Trinajstić information content (AvgIpc) is 3.54. The van der Waals surface area contributed by atoms with Crippen LogP contribution in [0.2, 0.25) is 0 Å². The normalized spacial score (nSPS) is 19.0. The molecule has 4 rings (SSSR count). The fourth-order valence-electron chi connectivity index (χ4n) is 2.96. The molecular weight excluding hydrogens is 356 g/mol. The molecule has 2 aromatic rings. The van der Waals surface area contributed by atoms with Crippen molar-refractivity contribution in [2.24, 2.45) is 5.92 Å². The van der Waals surface area contributed by atoms with Gasteiger partial charge in [0, 0.05) is 11.5 Å². The molecule has 1 aliphatic carbocycles. The molecule has 0 amide bonds. The monoisotopic (exact) mass is 380 g/mol. The highest BCUT2D eigenvalue weighted by Crippen LogP contribution is 2.27. The summed E-state index contributed by atoms with van der Waals surface area (Å²) in [5.74, 6) is 7.98. The zero-order chi connectivity index (χ0) is 19.3. The second kappa shape index (κ2) is 8.59. The lowest BCUT2D eigenvalue weighted by molar-refractivity contribution is -0.102. The zero-order valence-electron chi connectivity index (χ0n) is 16.0. The van der Waals surface area contributed by atoms with Crippen molar-refractivity contribution in [3.05, 3.63) is 57.6 Å². The highest BCUT2D eigenvalue weighted by atomic mass is 16.6. The van der Waals surface area contributed by atoms with Gasteiger partial charge < -0.3 is 14.2 Å². The highest BCUT2D eigenvalue weighted by Gasteiger charge is 2.18. The Labute approximate surface area is 164 Å². The van der Waals surface area contributed by atoms with Crippen molar-refractivity contribution in [1.29, 1.82) is 0 Å². The molecule has 0 spiro atoms. The zero-order valence-corrected chi connectivity index (χ0v) is 16.0. The van der Waals surface area contributed by atoms with Crippen molar-refractivity contribution in [1.82, 2.24) is 9.55 Å². The fourth-order valence-corrected chi connectivity index (χ4v) is 2.96. The lowest BCUT2D eigenvalue weighted by Crippen LogP contribution is -2.34. The average molecular weight is 380 g/mol. The third-order valence-electron chi connectivity index (χ3n) is 4.77. The van der Waals surface area contributed by atoms with Crippen molar-refractivity contribution < 1.29 is 14.2 Å². The molecule has 0 unspecified atom stereocenters. The van der Waals surface area contributed by atoms with Crippen molar-refractivity contribution in [2.45, 2.75) is 32.4 Å². The van der Waals surface area contributed by atoms with E-state index in [2.05, 4.69) is 16.8 Å². The third-order valence-corrected chi connectivity index (χ3v) is 4.77. The van der Waals surface area contributed by atoms with Crippen LogP contribution in [0.15, 0.2) is 35.1 Å². The predicted octanol–water partition coefficient (Wildman–Crippen LogP) is 2.16. The summed E-state index contributed by atoms with van der Waals surface area (Å²) < 4.78 is 18.1. The summed E-state index contributed by atoms with van der Waals surface area (Å²) in [6.45, 7) is 4.26. The van der Waals surface area contributed by atoms with Crippen LogP contribution in [-0.4, -0.2) is 42.1 Å². The molecule has 6 heteroatoms. The SMILES string of the molecule is Cc1nc(OC[C@H]2COCCO2)cc(=O)n1Cc1ccc(C#CC2CC2)cc1. The summed E-state index contributed by atoms with van der Waals surface area (Å²) in [5, 5.41) is 0. The number of aromatic nitrogens is 2. The number of nitrogens with zero attached hydrogens (tertiary/aromatic N) is 2. The van der Waals surface area contributed by atoms with Gasteiger partial charge in [-0.2, -0.15) is 0 Å². The maximum absolute atomic E-state index is 12.5. The van der Waals surface area contributed by atoms with E-state index in [-0.39, 0.29) is 11.7 Å². The lowest BCUT2D eigenvalue weighted by Gasteiger charge is -2.22. The number of ether oxygens (including phenoxy) is 3. The minimum absolute atomic E-state index is 0.125. The molecule has 2 heterocycles. The Hall–Kier alpha value is -2.62. The number of hydrogen-bond acceptors (Lipinski definition) is 5. The molecule has 2 aliphatic rings.